The zero-order valence-corrected chi connectivity index (χ0v) is 22.8. The number of rotatable bonds is 13. The van der Waals surface area contributed by atoms with Crippen molar-refractivity contribution in [2.24, 2.45) is 4.99 Å². The van der Waals surface area contributed by atoms with Crippen molar-refractivity contribution in [1.29, 1.82) is 0 Å². The molecule has 1 heterocycles. The Hall–Kier alpha value is -4.31. The van der Waals surface area contributed by atoms with Crippen molar-refractivity contribution in [3.8, 4) is 0 Å². The molecule has 4 nitrogen and oxygen atoms in total. The lowest BCUT2D eigenvalue weighted by Gasteiger charge is -2.29. The third kappa shape index (κ3) is 10.9. The summed E-state index contributed by atoms with van der Waals surface area (Å²) in [5.74, 6) is 0. The van der Waals surface area contributed by atoms with Gasteiger partial charge in [-0.05, 0) is 35.6 Å². The second kappa shape index (κ2) is 16.5. The second-order valence-electron chi connectivity index (χ2n) is 9.55. The summed E-state index contributed by atoms with van der Waals surface area (Å²) in [6, 6.07) is 20.7. The van der Waals surface area contributed by atoms with Crippen molar-refractivity contribution in [2.45, 2.75) is 12.8 Å². The zero-order valence-electron chi connectivity index (χ0n) is 22.8. The highest BCUT2D eigenvalue weighted by Gasteiger charge is 2.07. The van der Waals surface area contributed by atoms with Gasteiger partial charge in [-0.3, -0.25) is 4.99 Å². The van der Waals surface area contributed by atoms with Gasteiger partial charge in [-0.25, -0.2) is 0 Å². The van der Waals surface area contributed by atoms with Crippen LogP contribution in [0.3, 0.4) is 0 Å². The van der Waals surface area contributed by atoms with Crippen molar-refractivity contribution >= 4 is 18.4 Å². The number of nitrogens with zero attached hydrogens (tertiary/aromatic N) is 4. The first-order chi connectivity index (χ1) is 19.3. The summed E-state index contributed by atoms with van der Waals surface area (Å²) in [5.41, 5.74) is 3.72. The van der Waals surface area contributed by atoms with Crippen molar-refractivity contribution < 1.29 is 0 Å². The van der Waals surface area contributed by atoms with E-state index in [1.807, 2.05) is 36.6 Å². The molecule has 0 amide bonds. The van der Waals surface area contributed by atoms with Crippen LogP contribution in [0.15, 0.2) is 139 Å². The Morgan fingerprint density at radius 3 is 2.33 bits per heavy atom. The summed E-state index contributed by atoms with van der Waals surface area (Å²) in [7, 11) is 0. The van der Waals surface area contributed by atoms with Gasteiger partial charge in [-0.15, -0.1) is 0 Å². The minimum absolute atomic E-state index is 0.740. The molecular weight excluding hydrogens is 476 g/mol. The molecule has 0 spiro atoms. The van der Waals surface area contributed by atoms with Gasteiger partial charge in [-0.1, -0.05) is 109 Å². The minimum atomic E-state index is 0.740. The van der Waals surface area contributed by atoms with Crippen LogP contribution in [0.5, 0.6) is 0 Å². The van der Waals surface area contributed by atoms with Gasteiger partial charge >= 0.3 is 0 Å². The molecular formula is C35H40N4. The summed E-state index contributed by atoms with van der Waals surface area (Å²) in [5, 5.41) is 0. The van der Waals surface area contributed by atoms with Crippen LogP contribution in [-0.4, -0.2) is 60.2 Å². The van der Waals surface area contributed by atoms with Gasteiger partial charge in [-0.2, -0.15) is 0 Å². The summed E-state index contributed by atoms with van der Waals surface area (Å²) < 4.78 is 0. The minimum Gasteiger partial charge on any atom is -0.371 e. The smallest absolute Gasteiger partial charge is 0.0564 e. The Bertz CT molecular complexity index is 1220. The number of aliphatic imine (C=N–C) groups is 1. The van der Waals surface area contributed by atoms with E-state index in [1.54, 1.807) is 0 Å². The van der Waals surface area contributed by atoms with Crippen LogP contribution >= 0.6 is 0 Å². The third-order valence-electron chi connectivity index (χ3n) is 6.50. The zero-order chi connectivity index (χ0) is 26.8. The van der Waals surface area contributed by atoms with Crippen molar-refractivity contribution in [3.63, 3.8) is 0 Å². The van der Waals surface area contributed by atoms with Crippen LogP contribution in [0.2, 0.25) is 0 Å². The molecule has 1 aliphatic carbocycles. The Labute approximate surface area is 234 Å². The number of benzene rings is 2. The molecule has 0 N–H and O–H groups in total. The molecule has 0 radical (unpaired) electrons. The maximum atomic E-state index is 4.60. The van der Waals surface area contributed by atoms with Crippen LogP contribution in [-0.2, 0) is 0 Å². The van der Waals surface area contributed by atoms with E-state index in [9.17, 15) is 0 Å². The van der Waals surface area contributed by atoms with Crippen LogP contribution in [0.25, 0.3) is 12.2 Å². The third-order valence-corrected chi connectivity index (χ3v) is 6.50. The summed E-state index contributed by atoms with van der Waals surface area (Å²) >= 11 is 0. The summed E-state index contributed by atoms with van der Waals surface area (Å²) in [6.07, 6.45) is 32.7. The Kier molecular flexibility index (Phi) is 11.7. The van der Waals surface area contributed by atoms with Crippen LogP contribution in [0.4, 0.5) is 0 Å². The highest BCUT2D eigenvalue weighted by molar-refractivity contribution is 5.78. The summed E-state index contributed by atoms with van der Waals surface area (Å²) in [6.45, 7) is 5.34. The van der Waals surface area contributed by atoms with Gasteiger partial charge in [0, 0.05) is 63.7 Å². The molecule has 4 heteroatoms. The van der Waals surface area contributed by atoms with E-state index in [0.29, 0.717) is 0 Å². The first-order valence-corrected chi connectivity index (χ1v) is 13.9. The normalized spacial score (nSPS) is 16.1. The average Bonchev–Trinajstić information content (AvgIpc) is 2.99. The molecule has 0 saturated carbocycles. The van der Waals surface area contributed by atoms with Crippen LogP contribution in [0.1, 0.15) is 24.0 Å². The first kappa shape index (κ1) is 27.7. The summed E-state index contributed by atoms with van der Waals surface area (Å²) in [4.78, 5) is 11.5. The van der Waals surface area contributed by atoms with E-state index in [4.69, 9.17) is 0 Å². The van der Waals surface area contributed by atoms with Gasteiger partial charge in [0.1, 0.15) is 0 Å². The molecule has 0 fully saturated rings. The molecule has 1 aliphatic heterocycles. The van der Waals surface area contributed by atoms with Gasteiger partial charge in [0.05, 0.1) is 6.54 Å². The highest BCUT2D eigenvalue weighted by Crippen LogP contribution is 2.11. The van der Waals surface area contributed by atoms with E-state index in [0.717, 1.165) is 52.1 Å². The molecule has 4 rings (SSSR count). The Morgan fingerprint density at radius 1 is 0.821 bits per heavy atom. The van der Waals surface area contributed by atoms with E-state index in [2.05, 4.69) is 129 Å². The molecule has 2 aromatic rings. The van der Waals surface area contributed by atoms with E-state index in [1.165, 1.54) is 16.7 Å². The van der Waals surface area contributed by atoms with E-state index >= 15 is 0 Å². The van der Waals surface area contributed by atoms with Crippen LogP contribution < -0.4 is 0 Å². The van der Waals surface area contributed by atoms with Crippen molar-refractivity contribution in [3.05, 3.63) is 145 Å². The monoisotopic (exact) mass is 516 g/mol. The molecule has 0 bridgehead atoms. The predicted molar refractivity (Wildman–Crippen MR) is 168 cm³/mol. The Balaban J connectivity index is 1.27. The van der Waals surface area contributed by atoms with Crippen molar-refractivity contribution in [1.82, 2.24) is 14.7 Å². The van der Waals surface area contributed by atoms with E-state index in [-0.39, 0.29) is 0 Å². The lowest BCUT2D eigenvalue weighted by Crippen LogP contribution is -2.32. The fourth-order valence-electron chi connectivity index (χ4n) is 4.27. The molecule has 0 unspecified atom stereocenters. The van der Waals surface area contributed by atoms with Crippen molar-refractivity contribution in [2.75, 3.05) is 39.3 Å². The van der Waals surface area contributed by atoms with Gasteiger partial charge < -0.3 is 14.7 Å². The maximum absolute atomic E-state index is 4.60. The Morgan fingerprint density at radius 2 is 1.62 bits per heavy atom. The quantitative estimate of drug-likeness (QED) is 0.263. The lowest BCUT2D eigenvalue weighted by atomic mass is 10.1. The number of allylic oxidation sites excluding steroid dienone is 6. The largest absolute Gasteiger partial charge is 0.371 e. The molecule has 0 atom stereocenters. The average molecular weight is 517 g/mol. The van der Waals surface area contributed by atoms with Gasteiger partial charge in [0.2, 0.25) is 0 Å². The maximum Gasteiger partial charge on any atom is 0.0564 e. The fraction of sp³-hybridized carbons (Fsp3) is 0.229. The molecule has 0 aromatic heterocycles. The standard InChI is InChI=1S/C35H40N4/c1-4-13-33(14-5-1)19-10-22-36-23-26-37(24-11-20-34-15-6-2-7-16-34)27-30-39-31-28-38(29-32-39)25-12-21-35-17-8-3-9-18-35/h1-2,4-8,10-22,27-28,30-31H,3,9,23-26,29,32H2/b19-10+,20-11+,21-12+,30-27+,36-22?. The van der Waals surface area contributed by atoms with Gasteiger partial charge in [0.15, 0.2) is 0 Å². The SMILES string of the molecule is C1=CC(/C=C/CN2C=CN(/C=C/N(C/C=C/c3ccccc3)CCN=C/C=C/c3ccccc3)CC2)=CCC1. The second-order valence-corrected chi connectivity index (χ2v) is 9.55. The number of hydrogen-bond acceptors (Lipinski definition) is 4. The van der Waals surface area contributed by atoms with Gasteiger partial charge in [0.25, 0.3) is 0 Å². The fourth-order valence-corrected chi connectivity index (χ4v) is 4.27. The molecule has 200 valence electrons. The predicted octanol–water partition coefficient (Wildman–Crippen LogP) is 7.18. The molecule has 0 saturated heterocycles. The molecule has 39 heavy (non-hydrogen) atoms. The first-order valence-electron chi connectivity index (χ1n) is 13.9. The molecule has 2 aromatic carbocycles. The van der Waals surface area contributed by atoms with Crippen LogP contribution in [0, 0.1) is 0 Å². The lowest BCUT2D eigenvalue weighted by molar-refractivity contribution is 0.319. The van der Waals surface area contributed by atoms with E-state index < -0.39 is 0 Å². The highest BCUT2D eigenvalue weighted by atomic mass is 15.2. The molecule has 2 aliphatic rings. The topological polar surface area (TPSA) is 22.1 Å². The number of hydrogen-bond donors (Lipinski definition) is 0.